The SMILES string of the molecule is COc1ncc(-c2ccc(N[C@H]3CC[C@H](NC(=O)O)CC3)nc2)cn1. The Kier molecular flexibility index (Phi) is 5.27. The summed E-state index contributed by atoms with van der Waals surface area (Å²) in [5.41, 5.74) is 1.81. The third kappa shape index (κ3) is 4.56. The van der Waals surface area contributed by atoms with Gasteiger partial charge in [-0.25, -0.2) is 19.7 Å². The number of hydrogen-bond acceptors (Lipinski definition) is 6. The maximum atomic E-state index is 10.7. The van der Waals surface area contributed by atoms with Crippen LogP contribution in [0.15, 0.2) is 30.7 Å². The summed E-state index contributed by atoms with van der Waals surface area (Å²) in [6.45, 7) is 0. The fraction of sp³-hybridized carbons (Fsp3) is 0.412. The maximum absolute atomic E-state index is 10.7. The van der Waals surface area contributed by atoms with Crippen molar-refractivity contribution in [2.24, 2.45) is 0 Å². The van der Waals surface area contributed by atoms with E-state index in [1.54, 1.807) is 18.6 Å². The van der Waals surface area contributed by atoms with Gasteiger partial charge in [0.15, 0.2) is 0 Å². The van der Waals surface area contributed by atoms with Crippen molar-refractivity contribution in [3.8, 4) is 17.1 Å². The van der Waals surface area contributed by atoms with Gasteiger partial charge in [-0.1, -0.05) is 0 Å². The van der Waals surface area contributed by atoms with Gasteiger partial charge >= 0.3 is 12.1 Å². The Balaban J connectivity index is 1.55. The van der Waals surface area contributed by atoms with Crippen LogP contribution >= 0.6 is 0 Å². The summed E-state index contributed by atoms with van der Waals surface area (Å²) in [5, 5.41) is 14.7. The summed E-state index contributed by atoms with van der Waals surface area (Å²) in [6, 6.07) is 4.61. The van der Waals surface area contributed by atoms with E-state index in [-0.39, 0.29) is 6.04 Å². The van der Waals surface area contributed by atoms with Crippen molar-refractivity contribution in [3.63, 3.8) is 0 Å². The van der Waals surface area contributed by atoms with Crippen molar-refractivity contribution >= 4 is 11.9 Å². The van der Waals surface area contributed by atoms with Gasteiger partial charge in [0, 0.05) is 41.8 Å². The third-order valence-corrected chi connectivity index (χ3v) is 4.31. The highest BCUT2D eigenvalue weighted by Crippen LogP contribution is 2.23. The molecule has 1 saturated carbocycles. The number of methoxy groups -OCH3 is 1. The number of pyridine rings is 1. The summed E-state index contributed by atoms with van der Waals surface area (Å²) < 4.78 is 4.95. The molecule has 1 fully saturated rings. The lowest BCUT2D eigenvalue weighted by Gasteiger charge is -2.29. The van der Waals surface area contributed by atoms with Crippen molar-refractivity contribution < 1.29 is 14.6 Å². The Labute approximate surface area is 145 Å². The van der Waals surface area contributed by atoms with Crippen molar-refractivity contribution in [1.82, 2.24) is 20.3 Å². The van der Waals surface area contributed by atoms with Crippen molar-refractivity contribution in [2.45, 2.75) is 37.8 Å². The van der Waals surface area contributed by atoms with E-state index in [1.807, 2.05) is 12.1 Å². The van der Waals surface area contributed by atoms with E-state index in [0.29, 0.717) is 12.1 Å². The molecule has 1 amide bonds. The monoisotopic (exact) mass is 343 g/mol. The summed E-state index contributed by atoms with van der Waals surface area (Å²) in [4.78, 5) is 23.3. The van der Waals surface area contributed by atoms with Gasteiger partial charge in [0.1, 0.15) is 5.82 Å². The number of carbonyl (C=O) groups is 1. The molecular formula is C17H21N5O3. The second-order valence-electron chi connectivity index (χ2n) is 6.03. The molecule has 2 aromatic heterocycles. The molecule has 25 heavy (non-hydrogen) atoms. The lowest BCUT2D eigenvalue weighted by Crippen LogP contribution is -2.39. The van der Waals surface area contributed by atoms with Gasteiger partial charge in [-0.2, -0.15) is 0 Å². The first-order valence-corrected chi connectivity index (χ1v) is 8.22. The van der Waals surface area contributed by atoms with Gasteiger partial charge in [-0.15, -0.1) is 0 Å². The van der Waals surface area contributed by atoms with Gasteiger partial charge < -0.3 is 20.5 Å². The highest BCUT2D eigenvalue weighted by molar-refractivity contribution is 5.65. The Hall–Kier alpha value is -2.90. The van der Waals surface area contributed by atoms with Gasteiger partial charge in [0.25, 0.3) is 0 Å². The first-order chi connectivity index (χ1) is 12.1. The lowest BCUT2D eigenvalue weighted by molar-refractivity contribution is 0.185. The van der Waals surface area contributed by atoms with Crippen LogP contribution in [0.2, 0.25) is 0 Å². The zero-order valence-electron chi connectivity index (χ0n) is 14.0. The van der Waals surface area contributed by atoms with Crippen LogP contribution < -0.4 is 15.4 Å². The summed E-state index contributed by atoms with van der Waals surface area (Å²) in [5.74, 6) is 0.813. The molecule has 0 aliphatic heterocycles. The molecule has 0 atom stereocenters. The Morgan fingerprint density at radius 1 is 1.04 bits per heavy atom. The lowest BCUT2D eigenvalue weighted by atomic mass is 9.91. The smallest absolute Gasteiger partial charge is 0.404 e. The fourth-order valence-electron chi connectivity index (χ4n) is 2.99. The molecule has 3 N–H and O–H groups in total. The first kappa shape index (κ1) is 16.9. The predicted octanol–water partition coefficient (Wildman–Crippen LogP) is 2.54. The van der Waals surface area contributed by atoms with Gasteiger partial charge in [-0.3, -0.25) is 0 Å². The number of rotatable bonds is 5. The molecule has 8 nitrogen and oxygen atoms in total. The van der Waals surface area contributed by atoms with Crippen LogP contribution in [0.1, 0.15) is 25.7 Å². The second kappa shape index (κ2) is 7.78. The van der Waals surface area contributed by atoms with Crippen molar-refractivity contribution in [2.75, 3.05) is 12.4 Å². The number of ether oxygens (including phenoxy) is 1. The molecule has 0 unspecified atom stereocenters. The molecule has 132 valence electrons. The van der Waals surface area contributed by atoms with Gasteiger partial charge in [0.2, 0.25) is 0 Å². The number of aromatic nitrogens is 3. The Morgan fingerprint density at radius 2 is 1.68 bits per heavy atom. The molecule has 3 rings (SSSR count). The number of carboxylic acid groups (broad SMARTS) is 1. The van der Waals surface area contributed by atoms with Crippen LogP contribution in [0.3, 0.4) is 0 Å². The second-order valence-corrected chi connectivity index (χ2v) is 6.03. The summed E-state index contributed by atoms with van der Waals surface area (Å²) >= 11 is 0. The molecular weight excluding hydrogens is 322 g/mol. The number of nitrogens with zero attached hydrogens (tertiary/aromatic N) is 3. The predicted molar refractivity (Wildman–Crippen MR) is 92.6 cm³/mol. The van der Waals surface area contributed by atoms with Crippen LogP contribution in [-0.4, -0.2) is 45.3 Å². The van der Waals surface area contributed by atoms with E-state index in [0.717, 1.165) is 42.6 Å². The average molecular weight is 343 g/mol. The van der Waals surface area contributed by atoms with E-state index in [9.17, 15) is 4.79 Å². The Bertz CT molecular complexity index is 697. The number of anilines is 1. The topological polar surface area (TPSA) is 109 Å². The van der Waals surface area contributed by atoms with Crippen LogP contribution in [0.4, 0.5) is 10.6 Å². The zero-order chi connectivity index (χ0) is 17.6. The molecule has 0 saturated heterocycles. The largest absolute Gasteiger partial charge is 0.467 e. The van der Waals surface area contributed by atoms with Gasteiger partial charge in [-0.05, 0) is 37.8 Å². The van der Waals surface area contributed by atoms with E-state index in [2.05, 4.69) is 25.6 Å². The maximum Gasteiger partial charge on any atom is 0.404 e. The Morgan fingerprint density at radius 3 is 2.24 bits per heavy atom. The normalized spacial score (nSPS) is 19.9. The minimum absolute atomic E-state index is 0.0564. The molecule has 1 aliphatic carbocycles. The molecule has 2 heterocycles. The highest BCUT2D eigenvalue weighted by atomic mass is 16.5. The van der Waals surface area contributed by atoms with Crippen molar-refractivity contribution in [1.29, 1.82) is 0 Å². The average Bonchev–Trinajstić information content (AvgIpc) is 2.64. The minimum Gasteiger partial charge on any atom is -0.467 e. The van der Waals surface area contributed by atoms with Gasteiger partial charge in [0.05, 0.1) is 7.11 Å². The van der Waals surface area contributed by atoms with E-state index < -0.39 is 6.09 Å². The molecule has 0 radical (unpaired) electrons. The molecule has 0 aromatic carbocycles. The summed E-state index contributed by atoms with van der Waals surface area (Å²) in [6.07, 6.45) is 7.75. The molecule has 0 bridgehead atoms. The third-order valence-electron chi connectivity index (χ3n) is 4.31. The standard InChI is InChI=1S/C17H21N5O3/c1-25-16-19-9-12(10-20-16)11-2-7-15(18-8-11)21-13-3-5-14(6-4-13)22-17(23)24/h2,7-10,13-14,22H,3-6H2,1H3,(H,18,21)(H,23,24)/t13-,14-. The van der Waals surface area contributed by atoms with Crippen LogP contribution in [-0.2, 0) is 0 Å². The fourth-order valence-corrected chi connectivity index (χ4v) is 2.99. The zero-order valence-corrected chi connectivity index (χ0v) is 14.0. The molecule has 8 heteroatoms. The molecule has 2 aromatic rings. The van der Waals surface area contributed by atoms with E-state index in [1.165, 1.54) is 7.11 Å². The molecule has 1 aliphatic rings. The molecule has 0 spiro atoms. The van der Waals surface area contributed by atoms with Crippen LogP contribution in [0, 0.1) is 0 Å². The van der Waals surface area contributed by atoms with Crippen molar-refractivity contribution in [3.05, 3.63) is 30.7 Å². The first-order valence-electron chi connectivity index (χ1n) is 8.22. The van der Waals surface area contributed by atoms with Crippen LogP contribution in [0.5, 0.6) is 6.01 Å². The minimum atomic E-state index is -0.948. The summed E-state index contributed by atoms with van der Waals surface area (Å²) in [7, 11) is 1.53. The highest BCUT2D eigenvalue weighted by Gasteiger charge is 2.22. The number of nitrogens with one attached hydrogen (secondary N) is 2. The van der Waals surface area contributed by atoms with E-state index in [4.69, 9.17) is 9.84 Å². The van der Waals surface area contributed by atoms with E-state index >= 15 is 0 Å². The number of hydrogen-bond donors (Lipinski definition) is 3. The number of amides is 1. The quantitative estimate of drug-likeness (QED) is 0.765. The van der Waals surface area contributed by atoms with Crippen LogP contribution in [0.25, 0.3) is 11.1 Å².